The van der Waals surface area contributed by atoms with Crippen molar-refractivity contribution in [1.29, 1.82) is 0 Å². The zero-order valence-corrected chi connectivity index (χ0v) is 9.75. The maximum atomic E-state index is 12.1. The van der Waals surface area contributed by atoms with E-state index in [2.05, 4.69) is 0 Å². The molecule has 0 N–H and O–H groups in total. The van der Waals surface area contributed by atoms with Crippen LogP contribution in [0.5, 0.6) is 5.75 Å². The smallest absolute Gasteiger partial charge is 0.344 e. The van der Waals surface area contributed by atoms with Gasteiger partial charge in [-0.15, -0.1) is 0 Å². The van der Waals surface area contributed by atoms with Gasteiger partial charge in [-0.05, 0) is 17.7 Å². The molecule has 0 radical (unpaired) electrons. The Kier molecular flexibility index (Phi) is 1.87. The van der Waals surface area contributed by atoms with E-state index in [0.717, 1.165) is 5.56 Å². The van der Waals surface area contributed by atoms with Crippen molar-refractivity contribution >= 4 is 16.9 Å². The molecular weight excluding hydrogens is 244 g/mol. The number of fused-ring (bicyclic) bond motifs is 2. The molecule has 1 aliphatic heterocycles. The van der Waals surface area contributed by atoms with Crippen LogP contribution in [0.1, 0.15) is 17.0 Å². The maximum absolute atomic E-state index is 12.1. The third-order valence-corrected chi connectivity index (χ3v) is 3.44. The minimum absolute atomic E-state index is 0.321. The van der Waals surface area contributed by atoms with E-state index in [4.69, 9.17) is 9.15 Å². The first-order chi connectivity index (χ1) is 9.25. The van der Waals surface area contributed by atoms with Gasteiger partial charge in [0.2, 0.25) is 0 Å². The summed E-state index contributed by atoms with van der Waals surface area (Å²) in [6.07, 6.45) is 0. The number of esters is 1. The molecule has 0 fully saturated rings. The molecule has 0 saturated carbocycles. The molecule has 1 aliphatic rings. The number of carbonyl (C=O) groups is 1. The van der Waals surface area contributed by atoms with Gasteiger partial charge in [0.25, 0.3) is 0 Å². The fourth-order valence-corrected chi connectivity index (χ4v) is 2.61. The highest BCUT2D eigenvalue weighted by Crippen LogP contribution is 2.44. The van der Waals surface area contributed by atoms with Crippen molar-refractivity contribution in [2.45, 2.75) is 5.92 Å². The molecule has 2 aromatic carbocycles. The molecular formula is C15H8O4. The van der Waals surface area contributed by atoms with Gasteiger partial charge in [0, 0.05) is 5.56 Å². The van der Waals surface area contributed by atoms with Crippen molar-refractivity contribution in [1.82, 2.24) is 0 Å². The number of carbonyl (C=O) groups excluding carboxylic acids is 1. The summed E-state index contributed by atoms with van der Waals surface area (Å²) >= 11 is 0. The number of benzene rings is 2. The molecule has 4 aromatic rings. The van der Waals surface area contributed by atoms with Gasteiger partial charge in [0.05, 0.1) is 5.39 Å². The van der Waals surface area contributed by atoms with E-state index in [0.29, 0.717) is 22.3 Å². The summed E-state index contributed by atoms with van der Waals surface area (Å²) in [7, 11) is 0. The average Bonchev–Trinajstić information content (AvgIpc) is 2.78. The van der Waals surface area contributed by atoms with Crippen LogP contribution >= 0.6 is 0 Å². The van der Waals surface area contributed by atoms with Crippen LogP contribution in [0.25, 0.3) is 11.0 Å². The van der Waals surface area contributed by atoms with Crippen LogP contribution in [-0.2, 0) is 4.79 Å². The molecule has 0 amide bonds. The van der Waals surface area contributed by atoms with E-state index in [1.54, 1.807) is 12.1 Å². The highest BCUT2D eigenvalue weighted by atomic mass is 16.5. The Balaban J connectivity index is 2.05. The molecule has 0 aliphatic carbocycles. The van der Waals surface area contributed by atoms with E-state index in [9.17, 15) is 9.59 Å². The fraction of sp³-hybridized carbons (Fsp3) is 0.0667. The Morgan fingerprint density at radius 2 is 1.74 bits per heavy atom. The van der Waals surface area contributed by atoms with E-state index in [-0.39, 0.29) is 5.97 Å². The maximum Gasteiger partial charge on any atom is 0.344 e. The lowest BCUT2D eigenvalue weighted by molar-refractivity contribution is -0.133. The summed E-state index contributed by atoms with van der Waals surface area (Å²) in [5.74, 6) is -0.525. The topological polar surface area (TPSA) is 56.5 Å². The third kappa shape index (κ3) is 1.28. The van der Waals surface area contributed by atoms with Gasteiger partial charge in [-0.1, -0.05) is 30.3 Å². The standard InChI is InChI=1S/C15H8O4/c16-14-9-6-7-10(18-14)13-12(9)11(15(17)19-13)8-4-2-1-3-5-8/h1-7,11H. The number of ether oxygens (including phenoxy) is 1. The van der Waals surface area contributed by atoms with Crippen molar-refractivity contribution in [3.05, 3.63) is 64.0 Å². The molecule has 5 rings (SSSR count). The van der Waals surface area contributed by atoms with Crippen LogP contribution in [0.3, 0.4) is 0 Å². The number of hydrogen-bond acceptors (Lipinski definition) is 4. The summed E-state index contributed by atoms with van der Waals surface area (Å²) in [5.41, 5.74) is 1.35. The van der Waals surface area contributed by atoms with Gasteiger partial charge in [0.15, 0.2) is 11.3 Å². The van der Waals surface area contributed by atoms with Gasteiger partial charge in [-0.2, -0.15) is 0 Å². The lowest BCUT2D eigenvalue weighted by Gasteiger charge is -2.09. The van der Waals surface area contributed by atoms with E-state index in [1.165, 1.54) is 0 Å². The Labute approximate surface area is 107 Å². The quantitative estimate of drug-likeness (QED) is 0.492. The molecule has 4 heteroatoms. The van der Waals surface area contributed by atoms with Crippen molar-refractivity contribution in [3.8, 4) is 5.75 Å². The Morgan fingerprint density at radius 3 is 2.47 bits per heavy atom. The van der Waals surface area contributed by atoms with Crippen LogP contribution in [0.15, 0.2) is 51.7 Å². The molecule has 0 spiro atoms. The second-order valence-electron chi connectivity index (χ2n) is 4.51. The van der Waals surface area contributed by atoms with Crippen molar-refractivity contribution in [2.24, 2.45) is 0 Å². The van der Waals surface area contributed by atoms with E-state index < -0.39 is 11.5 Å². The Bertz CT molecular complexity index is 832. The lowest BCUT2D eigenvalue weighted by atomic mass is 9.90. The molecule has 3 heterocycles. The normalized spacial score (nSPS) is 17.7. The second kappa shape index (κ2) is 3.45. The predicted molar refractivity (Wildman–Crippen MR) is 67.6 cm³/mol. The monoisotopic (exact) mass is 252 g/mol. The van der Waals surface area contributed by atoms with E-state index >= 15 is 0 Å². The molecule has 1 unspecified atom stereocenters. The zero-order valence-electron chi connectivity index (χ0n) is 9.75. The van der Waals surface area contributed by atoms with Crippen LogP contribution in [0.2, 0.25) is 0 Å². The van der Waals surface area contributed by atoms with Crippen molar-refractivity contribution in [3.63, 3.8) is 0 Å². The first-order valence-corrected chi connectivity index (χ1v) is 5.91. The second-order valence-corrected chi connectivity index (χ2v) is 4.51. The molecule has 0 saturated heterocycles. The number of rotatable bonds is 1. The van der Waals surface area contributed by atoms with Gasteiger partial charge in [-0.25, -0.2) is 4.79 Å². The SMILES string of the molecule is O=C1Oc2c(c3ccc2oc3=O)C1c1ccccc1. The minimum Gasteiger partial charge on any atom is -0.421 e. The van der Waals surface area contributed by atoms with Gasteiger partial charge in [-0.3, -0.25) is 4.79 Å². The predicted octanol–water partition coefficient (Wildman–Crippen LogP) is 2.28. The van der Waals surface area contributed by atoms with Crippen LogP contribution in [0, 0.1) is 0 Å². The van der Waals surface area contributed by atoms with Gasteiger partial charge >= 0.3 is 11.6 Å². The fourth-order valence-electron chi connectivity index (χ4n) is 2.61. The van der Waals surface area contributed by atoms with Crippen molar-refractivity contribution < 1.29 is 13.9 Å². The van der Waals surface area contributed by atoms with Crippen LogP contribution in [0.4, 0.5) is 0 Å². The third-order valence-electron chi connectivity index (χ3n) is 3.44. The highest BCUT2D eigenvalue weighted by Gasteiger charge is 2.39. The lowest BCUT2D eigenvalue weighted by Crippen LogP contribution is -2.12. The van der Waals surface area contributed by atoms with Gasteiger partial charge in [0.1, 0.15) is 5.92 Å². The molecule has 92 valence electrons. The number of hydrogen-bond donors (Lipinski definition) is 0. The summed E-state index contributed by atoms with van der Waals surface area (Å²) in [5, 5.41) is 0.407. The summed E-state index contributed by atoms with van der Waals surface area (Å²) in [6, 6.07) is 12.6. The van der Waals surface area contributed by atoms with Crippen molar-refractivity contribution in [2.75, 3.05) is 0 Å². The first kappa shape index (κ1) is 10.3. The molecule has 4 nitrogen and oxygen atoms in total. The molecule has 2 bridgehead atoms. The van der Waals surface area contributed by atoms with Crippen LogP contribution < -0.4 is 10.4 Å². The Morgan fingerprint density at radius 1 is 0.947 bits per heavy atom. The molecule has 2 aromatic heterocycles. The average molecular weight is 252 g/mol. The molecule has 19 heavy (non-hydrogen) atoms. The summed E-state index contributed by atoms with van der Waals surface area (Å²) in [4.78, 5) is 23.8. The van der Waals surface area contributed by atoms with E-state index in [1.807, 2.05) is 30.3 Å². The summed E-state index contributed by atoms with van der Waals surface area (Å²) in [6.45, 7) is 0. The largest absolute Gasteiger partial charge is 0.421 e. The summed E-state index contributed by atoms with van der Waals surface area (Å²) < 4.78 is 10.3. The van der Waals surface area contributed by atoms with Crippen LogP contribution in [-0.4, -0.2) is 5.97 Å². The van der Waals surface area contributed by atoms with Gasteiger partial charge < -0.3 is 9.15 Å². The molecule has 1 atom stereocenters. The zero-order chi connectivity index (χ0) is 13.0. The first-order valence-electron chi connectivity index (χ1n) is 5.91. The highest BCUT2D eigenvalue weighted by molar-refractivity contribution is 5.97. The minimum atomic E-state index is -0.543. The Hall–Kier alpha value is -2.62.